The number of hydrogen-bond acceptors (Lipinski definition) is 2. The highest BCUT2D eigenvalue weighted by Crippen LogP contribution is 2.16. The largest absolute Gasteiger partial charge is 0.396 e. The molecule has 1 fully saturated rings. The van der Waals surface area contributed by atoms with Crippen molar-refractivity contribution in [1.82, 2.24) is 5.32 Å². The van der Waals surface area contributed by atoms with Crippen molar-refractivity contribution in [3.63, 3.8) is 0 Å². The van der Waals surface area contributed by atoms with E-state index in [1.54, 1.807) is 0 Å². The Hall–Kier alpha value is -0.0800. The van der Waals surface area contributed by atoms with Crippen molar-refractivity contribution in [2.45, 2.75) is 32.2 Å². The third-order valence-corrected chi connectivity index (χ3v) is 2.43. The van der Waals surface area contributed by atoms with E-state index in [9.17, 15) is 0 Å². The minimum absolute atomic E-state index is 0.341. The highest BCUT2D eigenvalue weighted by atomic mass is 16.3. The van der Waals surface area contributed by atoms with E-state index >= 15 is 0 Å². The first-order valence-corrected chi connectivity index (χ1v) is 4.22. The fourth-order valence-electron chi connectivity index (χ4n) is 1.65. The van der Waals surface area contributed by atoms with E-state index in [-0.39, 0.29) is 0 Å². The zero-order valence-corrected chi connectivity index (χ0v) is 6.64. The predicted molar refractivity (Wildman–Crippen MR) is 41.9 cm³/mol. The van der Waals surface area contributed by atoms with E-state index in [0.717, 1.165) is 13.0 Å². The maximum atomic E-state index is 8.95. The molecule has 0 aromatic rings. The van der Waals surface area contributed by atoms with E-state index < -0.39 is 0 Å². The van der Waals surface area contributed by atoms with Crippen LogP contribution in [0, 0.1) is 5.92 Å². The Morgan fingerprint density at radius 2 is 2.50 bits per heavy atom. The fourth-order valence-corrected chi connectivity index (χ4v) is 1.65. The first kappa shape index (κ1) is 8.02. The lowest BCUT2D eigenvalue weighted by Gasteiger charge is -2.19. The number of hydrogen-bond donors (Lipinski definition) is 2. The molecule has 1 saturated heterocycles. The van der Waals surface area contributed by atoms with Gasteiger partial charge in [-0.2, -0.15) is 0 Å². The van der Waals surface area contributed by atoms with Gasteiger partial charge in [-0.3, -0.25) is 0 Å². The molecule has 0 aromatic carbocycles. The van der Waals surface area contributed by atoms with E-state index in [1.165, 1.54) is 12.8 Å². The highest BCUT2D eigenvalue weighted by molar-refractivity contribution is 4.80. The van der Waals surface area contributed by atoms with Gasteiger partial charge in [0.05, 0.1) is 0 Å². The van der Waals surface area contributed by atoms with Gasteiger partial charge in [-0.05, 0) is 31.7 Å². The number of aliphatic hydroxyl groups is 1. The molecule has 1 aliphatic rings. The molecule has 1 rings (SSSR count). The molecule has 2 nitrogen and oxygen atoms in total. The SMILES string of the molecule is CC[C@@H](CO)[C@H]1CCCN1. The Balaban J connectivity index is 2.29. The quantitative estimate of drug-likeness (QED) is 0.611. The molecule has 0 bridgehead atoms. The minimum atomic E-state index is 0.341. The number of nitrogens with one attached hydrogen (secondary N) is 1. The Morgan fingerprint density at radius 1 is 1.70 bits per heavy atom. The lowest BCUT2D eigenvalue weighted by atomic mass is 9.97. The maximum absolute atomic E-state index is 8.95. The van der Waals surface area contributed by atoms with Crippen molar-refractivity contribution in [1.29, 1.82) is 0 Å². The molecule has 10 heavy (non-hydrogen) atoms. The van der Waals surface area contributed by atoms with Crippen LogP contribution in [0.4, 0.5) is 0 Å². The van der Waals surface area contributed by atoms with E-state index in [0.29, 0.717) is 18.6 Å². The van der Waals surface area contributed by atoms with Crippen LogP contribution < -0.4 is 5.32 Å². The van der Waals surface area contributed by atoms with E-state index in [2.05, 4.69) is 12.2 Å². The van der Waals surface area contributed by atoms with Gasteiger partial charge in [0.1, 0.15) is 0 Å². The van der Waals surface area contributed by atoms with Crippen LogP contribution in [0.3, 0.4) is 0 Å². The predicted octanol–water partition coefficient (Wildman–Crippen LogP) is 0.757. The summed E-state index contributed by atoms with van der Waals surface area (Å²) in [6, 6.07) is 0.593. The Bertz CT molecular complexity index is 85.3. The molecular formula is C8H17NO. The average molecular weight is 143 g/mol. The summed E-state index contributed by atoms with van der Waals surface area (Å²) in [7, 11) is 0. The van der Waals surface area contributed by atoms with Crippen LogP contribution in [0.2, 0.25) is 0 Å². The molecule has 0 radical (unpaired) electrons. The second-order valence-electron chi connectivity index (χ2n) is 3.05. The van der Waals surface area contributed by atoms with Crippen LogP contribution in [0.15, 0.2) is 0 Å². The Morgan fingerprint density at radius 3 is 2.90 bits per heavy atom. The molecule has 2 N–H and O–H groups in total. The van der Waals surface area contributed by atoms with Gasteiger partial charge in [-0.1, -0.05) is 6.92 Å². The molecule has 0 aromatic heterocycles. The maximum Gasteiger partial charge on any atom is 0.0474 e. The summed E-state index contributed by atoms with van der Waals surface area (Å²) in [6.45, 7) is 3.62. The second-order valence-corrected chi connectivity index (χ2v) is 3.05. The monoisotopic (exact) mass is 143 g/mol. The summed E-state index contributed by atoms with van der Waals surface area (Å²) in [5.41, 5.74) is 0. The van der Waals surface area contributed by atoms with Gasteiger partial charge in [0, 0.05) is 12.6 Å². The molecule has 2 atom stereocenters. The normalized spacial score (nSPS) is 28.8. The summed E-state index contributed by atoms with van der Waals surface area (Å²) < 4.78 is 0. The van der Waals surface area contributed by atoms with Crippen LogP contribution in [-0.4, -0.2) is 24.3 Å². The molecule has 0 aliphatic carbocycles. The van der Waals surface area contributed by atoms with Crippen molar-refractivity contribution >= 4 is 0 Å². The summed E-state index contributed by atoms with van der Waals surface area (Å²) in [6.07, 6.45) is 3.62. The average Bonchev–Trinajstić information content (AvgIpc) is 2.43. The van der Waals surface area contributed by atoms with Crippen LogP contribution >= 0.6 is 0 Å². The third kappa shape index (κ3) is 1.70. The van der Waals surface area contributed by atoms with E-state index in [1.807, 2.05) is 0 Å². The van der Waals surface area contributed by atoms with Gasteiger partial charge in [-0.25, -0.2) is 0 Å². The Kier molecular flexibility index (Phi) is 3.16. The number of aliphatic hydroxyl groups excluding tert-OH is 1. The van der Waals surface area contributed by atoms with Gasteiger partial charge in [0.2, 0.25) is 0 Å². The van der Waals surface area contributed by atoms with Crippen molar-refractivity contribution < 1.29 is 5.11 Å². The standard InChI is InChI=1S/C8H17NO/c1-2-7(6-10)8-4-3-5-9-8/h7-10H,2-6H2,1H3/t7-,8+/m0/s1. The molecule has 0 saturated carbocycles. The number of rotatable bonds is 3. The molecule has 1 heterocycles. The minimum Gasteiger partial charge on any atom is -0.396 e. The van der Waals surface area contributed by atoms with Gasteiger partial charge in [-0.15, -0.1) is 0 Å². The van der Waals surface area contributed by atoms with Crippen molar-refractivity contribution in [2.24, 2.45) is 5.92 Å². The fraction of sp³-hybridized carbons (Fsp3) is 1.00. The summed E-state index contributed by atoms with van der Waals surface area (Å²) >= 11 is 0. The third-order valence-electron chi connectivity index (χ3n) is 2.43. The molecule has 0 unspecified atom stereocenters. The topological polar surface area (TPSA) is 32.3 Å². The molecule has 0 amide bonds. The van der Waals surface area contributed by atoms with Gasteiger partial charge in [0.25, 0.3) is 0 Å². The van der Waals surface area contributed by atoms with Crippen molar-refractivity contribution in [3.05, 3.63) is 0 Å². The van der Waals surface area contributed by atoms with E-state index in [4.69, 9.17) is 5.11 Å². The lowest BCUT2D eigenvalue weighted by molar-refractivity contribution is 0.192. The van der Waals surface area contributed by atoms with Crippen molar-refractivity contribution in [2.75, 3.05) is 13.2 Å². The first-order chi connectivity index (χ1) is 4.88. The van der Waals surface area contributed by atoms with Crippen LogP contribution in [-0.2, 0) is 0 Å². The molecular weight excluding hydrogens is 126 g/mol. The van der Waals surface area contributed by atoms with Crippen LogP contribution in [0.5, 0.6) is 0 Å². The Labute approximate surface area is 62.6 Å². The van der Waals surface area contributed by atoms with Crippen LogP contribution in [0.25, 0.3) is 0 Å². The zero-order valence-electron chi connectivity index (χ0n) is 6.64. The lowest BCUT2D eigenvalue weighted by Crippen LogP contribution is -2.32. The summed E-state index contributed by atoms with van der Waals surface area (Å²) in [5, 5.41) is 12.3. The highest BCUT2D eigenvalue weighted by Gasteiger charge is 2.21. The molecule has 60 valence electrons. The van der Waals surface area contributed by atoms with Gasteiger partial charge >= 0.3 is 0 Å². The van der Waals surface area contributed by atoms with Crippen molar-refractivity contribution in [3.8, 4) is 0 Å². The van der Waals surface area contributed by atoms with Gasteiger partial charge in [0.15, 0.2) is 0 Å². The summed E-state index contributed by atoms with van der Waals surface area (Å²) in [5.74, 6) is 0.488. The smallest absolute Gasteiger partial charge is 0.0474 e. The summed E-state index contributed by atoms with van der Waals surface area (Å²) in [4.78, 5) is 0. The molecule has 0 spiro atoms. The molecule has 2 heteroatoms. The first-order valence-electron chi connectivity index (χ1n) is 4.22. The molecule has 1 aliphatic heterocycles. The zero-order chi connectivity index (χ0) is 7.40. The second kappa shape index (κ2) is 3.94. The van der Waals surface area contributed by atoms with Crippen LogP contribution in [0.1, 0.15) is 26.2 Å². The van der Waals surface area contributed by atoms with Gasteiger partial charge < -0.3 is 10.4 Å².